The van der Waals surface area contributed by atoms with Gasteiger partial charge in [-0.05, 0) is 56.0 Å². The summed E-state index contributed by atoms with van der Waals surface area (Å²) in [6.07, 6.45) is 1.85. The molecule has 1 aromatic heterocycles. The van der Waals surface area contributed by atoms with E-state index < -0.39 is 5.92 Å². The number of aryl methyl sites for hydroxylation is 1. The van der Waals surface area contributed by atoms with E-state index >= 15 is 0 Å². The number of rotatable bonds is 6. The second-order valence-corrected chi connectivity index (χ2v) is 9.59. The molecule has 0 aliphatic heterocycles. The van der Waals surface area contributed by atoms with Crippen molar-refractivity contribution in [3.63, 3.8) is 0 Å². The summed E-state index contributed by atoms with van der Waals surface area (Å²) < 4.78 is 26.2. The number of halogens is 2. The summed E-state index contributed by atoms with van der Waals surface area (Å²) in [6, 6.07) is 17.2. The molecule has 4 N–H and O–H groups in total. The number of hydrogen-bond acceptors (Lipinski definition) is 2. The largest absolute Gasteiger partial charge is 0.358 e. The fourth-order valence-corrected chi connectivity index (χ4v) is 5.62. The minimum absolute atomic E-state index is 0.0178. The van der Waals surface area contributed by atoms with Crippen molar-refractivity contribution in [2.45, 2.75) is 56.4 Å². The lowest BCUT2D eigenvalue weighted by Crippen LogP contribution is -2.43. The van der Waals surface area contributed by atoms with Gasteiger partial charge in [0.2, 0.25) is 5.92 Å². The molecule has 5 heteroatoms. The maximum Gasteiger partial charge on any atom is 0.248 e. The minimum atomic E-state index is -2.45. The lowest BCUT2D eigenvalue weighted by atomic mass is 9.71. The van der Waals surface area contributed by atoms with Crippen molar-refractivity contribution in [3.05, 3.63) is 70.9 Å². The zero-order chi connectivity index (χ0) is 21.6. The van der Waals surface area contributed by atoms with Crippen LogP contribution in [0.4, 0.5) is 8.78 Å². The molecule has 1 heterocycles. The van der Waals surface area contributed by atoms with Gasteiger partial charge < -0.3 is 16.0 Å². The summed E-state index contributed by atoms with van der Waals surface area (Å²) >= 11 is 0. The van der Waals surface area contributed by atoms with Gasteiger partial charge in [0.1, 0.15) is 0 Å². The monoisotopic (exact) mass is 423 g/mol. The van der Waals surface area contributed by atoms with Crippen LogP contribution in [-0.2, 0) is 6.42 Å². The minimum Gasteiger partial charge on any atom is -0.358 e. The molecule has 1 saturated carbocycles. The molecule has 0 amide bonds. The molecule has 1 fully saturated rings. The predicted molar refractivity (Wildman–Crippen MR) is 122 cm³/mol. The van der Waals surface area contributed by atoms with Gasteiger partial charge in [-0.15, -0.1) is 0 Å². The van der Waals surface area contributed by atoms with Gasteiger partial charge in [0.25, 0.3) is 0 Å². The number of benzene rings is 2. The van der Waals surface area contributed by atoms with Crippen molar-refractivity contribution in [1.29, 1.82) is 0 Å². The van der Waals surface area contributed by atoms with Crippen molar-refractivity contribution < 1.29 is 8.78 Å². The van der Waals surface area contributed by atoms with Crippen molar-refractivity contribution in [1.82, 2.24) is 10.3 Å². The Balaban J connectivity index is 1.37. The maximum absolute atomic E-state index is 13.1. The summed E-state index contributed by atoms with van der Waals surface area (Å²) in [4.78, 5) is 3.65. The van der Waals surface area contributed by atoms with E-state index in [0.29, 0.717) is 6.54 Å². The van der Waals surface area contributed by atoms with E-state index in [9.17, 15) is 8.78 Å². The summed E-state index contributed by atoms with van der Waals surface area (Å²) in [6.45, 7) is 3.56. The summed E-state index contributed by atoms with van der Waals surface area (Å²) in [5, 5.41) is 4.69. The molecule has 2 aromatic carbocycles. The predicted octanol–water partition coefficient (Wildman–Crippen LogP) is 5.25. The first-order valence-electron chi connectivity index (χ1n) is 11.4. The van der Waals surface area contributed by atoms with Crippen LogP contribution in [0.2, 0.25) is 0 Å². The first-order chi connectivity index (χ1) is 14.9. The Kier molecular flexibility index (Phi) is 5.35. The highest BCUT2D eigenvalue weighted by molar-refractivity contribution is 5.85. The third-order valence-corrected chi connectivity index (χ3v) is 7.30. The average molecular weight is 424 g/mol. The van der Waals surface area contributed by atoms with Crippen LogP contribution in [0.1, 0.15) is 53.5 Å². The van der Waals surface area contributed by atoms with E-state index in [0.717, 1.165) is 19.4 Å². The van der Waals surface area contributed by atoms with Gasteiger partial charge in [0.15, 0.2) is 0 Å². The normalized spacial score (nSPS) is 25.4. The zero-order valence-corrected chi connectivity index (χ0v) is 18.0. The number of hydrogen-bond donors (Lipinski definition) is 3. The molecule has 0 unspecified atom stereocenters. The second-order valence-electron chi connectivity index (χ2n) is 9.59. The number of nitrogens with one attached hydrogen (secondary N) is 2. The Morgan fingerprint density at radius 1 is 1.10 bits per heavy atom. The Bertz CT molecular complexity index is 1050. The Labute approximate surface area is 182 Å². The van der Waals surface area contributed by atoms with Gasteiger partial charge in [-0.2, -0.15) is 0 Å². The van der Waals surface area contributed by atoms with Crippen LogP contribution in [0.25, 0.3) is 10.9 Å². The summed E-state index contributed by atoms with van der Waals surface area (Å²) in [5.41, 5.74) is 13.3. The first kappa shape index (κ1) is 20.7. The smallest absolute Gasteiger partial charge is 0.248 e. The Morgan fingerprint density at radius 2 is 1.84 bits per heavy atom. The molecule has 164 valence electrons. The fourth-order valence-electron chi connectivity index (χ4n) is 5.62. The van der Waals surface area contributed by atoms with E-state index in [1.807, 2.05) is 0 Å². The molecule has 0 bridgehead atoms. The maximum atomic E-state index is 13.1. The van der Waals surface area contributed by atoms with E-state index in [1.54, 1.807) is 0 Å². The molecule has 2 aliphatic carbocycles. The van der Waals surface area contributed by atoms with Crippen LogP contribution in [0.5, 0.6) is 0 Å². The van der Waals surface area contributed by atoms with Gasteiger partial charge in [0.05, 0.1) is 0 Å². The van der Waals surface area contributed by atoms with Gasteiger partial charge >= 0.3 is 0 Å². The van der Waals surface area contributed by atoms with Crippen LogP contribution in [0.15, 0.2) is 48.5 Å². The third-order valence-electron chi connectivity index (χ3n) is 7.30. The highest BCUT2D eigenvalue weighted by Gasteiger charge is 2.44. The number of aromatic nitrogens is 1. The molecular formula is C26H31F2N3. The molecule has 0 radical (unpaired) electrons. The summed E-state index contributed by atoms with van der Waals surface area (Å²) in [5.74, 6) is -1.87. The molecular weight excluding hydrogens is 392 g/mol. The van der Waals surface area contributed by atoms with Crippen molar-refractivity contribution >= 4 is 10.9 Å². The van der Waals surface area contributed by atoms with Crippen LogP contribution >= 0.6 is 0 Å². The van der Waals surface area contributed by atoms with Crippen molar-refractivity contribution in [3.8, 4) is 0 Å². The standard InChI is InChI=1S/C26H31F2N3/c1-16-6-8-18(9-7-16)21-12-23-24(19-4-2-3-5-22(19)31-23)20(25(21)29)10-11-30-15-17-13-26(27,28)14-17/h2-9,17,20-21,25,30-31H,10-15,29H2,1H3/t20-,21-,25+/m1/s1. The van der Waals surface area contributed by atoms with E-state index in [-0.39, 0.29) is 36.6 Å². The van der Waals surface area contributed by atoms with Crippen LogP contribution < -0.4 is 11.1 Å². The van der Waals surface area contributed by atoms with E-state index in [1.165, 1.54) is 33.3 Å². The van der Waals surface area contributed by atoms with Crippen molar-refractivity contribution in [2.75, 3.05) is 13.1 Å². The first-order valence-corrected chi connectivity index (χ1v) is 11.4. The molecule has 3 atom stereocenters. The molecule has 3 nitrogen and oxygen atoms in total. The molecule has 31 heavy (non-hydrogen) atoms. The van der Waals surface area contributed by atoms with Crippen LogP contribution in [0.3, 0.4) is 0 Å². The topological polar surface area (TPSA) is 53.8 Å². The molecule has 0 spiro atoms. The highest BCUT2D eigenvalue weighted by Crippen LogP contribution is 2.44. The highest BCUT2D eigenvalue weighted by atomic mass is 19.3. The second kappa shape index (κ2) is 8.03. The number of para-hydroxylation sites is 1. The molecule has 5 rings (SSSR count). The molecule has 2 aliphatic rings. The van der Waals surface area contributed by atoms with Gasteiger partial charge in [-0.3, -0.25) is 0 Å². The molecule has 3 aromatic rings. The number of H-pyrrole nitrogens is 1. The van der Waals surface area contributed by atoms with E-state index in [4.69, 9.17) is 5.73 Å². The molecule has 0 saturated heterocycles. The number of fused-ring (bicyclic) bond motifs is 3. The average Bonchev–Trinajstić information content (AvgIpc) is 3.09. The summed E-state index contributed by atoms with van der Waals surface area (Å²) in [7, 11) is 0. The van der Waals surface area contributed by atoms with Crippen LogP contribution in [0, 0.1) is 12.8 Å². The Morgan fingerprint density at radius 3 is 2.58 bits per heavy atom. The van der Waals surface area contributed by atoms with E-state index in [2.05, 4.69) is 65.8 Å². The fraction of sp³-hybridized carbons (Fsp3) is 0.462. The van der Waals surface area contributed by atoms with Crippen LogP contribution in [-0.4, -0.2) is 30.0 Å². The van der Waals surface area contributed by atoms with Gasteiger partial charge in [0, 0.05) is 47.3 Å². The lowest BCUT2D eigenvalue weighted by molar-refractivity contribution is -0.109. The number of aromatic amines is 1. The van der Waals surface area contributed by atoms with Crippen molar-refractivity contribution in [2.24, 2.45) is 11.7 Å². The number of alkyl halides is 2. The number of nitrogens with two attached hydrogens (primary N) is 1. The lowest BCUT2D eigenvalue weighted by Gasteiger charge is -2.37. The SMILES string of the molecule is Cc1ccc([C@H]2Cc3[nH]c4ccccc4c3[C@@H](CCNCC3CC(F)(F)C3)[C@@H]2N)cc1. The Hall–Kier alpha value is -2.24. The zero-order valence-electron chi connectivity index (χ0n) is 18.0. The van der Waals surface area contributed by atoms with Gasteiger partial charge in [-0.1, -0.05) is 48.0 Å². The van der Waals surface area contributed by atoms with Gasteiger partial charge in [-0.25, -0.2) is 8.78 Å². The third kappa shape index (κ3) is 4.01. The quantitative estimate of drug-likeness (QED) is 0.474.